The predicted octanol–water partition coefficient (Wildman–Crippen LogP) is 4.16. The zero-order valence-electron chi connectivity index (χ0n) is 15.4. The van der Waals surface area contributed by atoms with Gasteiger partial charge in [-0.2, -0.15) is 0 Å². The molecule has 1 atom stereocenters. The van der Waals surface area contributed by atoms with Crippen LogP contribution in [0.1, 0.15) is 28.6 Å². The molecule has 0 saturated carbocycles. The molecule has 2 aromatic heterocycles. The van der Waals surface area contributed by atoms with Crippen molar-refractivity contribution in [1.29, 1.82) is 0 Å². The topological polar surface area (TPSA) is 42.7 Å². The molecule has 1 unspecified atom stereocenters. The Hall–Kier alpha value is -2.98. The molecular weight excluding hydrogens is 332 g/mol. The van der Waals surface area contributed by atoms with Crippen molar-refractivity contribution in [3.63, 3.8) is 0 Å². The largest absolute Gasteiger partial charge is 0.309 e. The molecule has 0 spiro atoms. The van der Waals surface area contributed by atoms with Crippen LogP contribution in [-0.2, 0) is 12.8 Å². The summed E-state index contributed by atoms with van der Waals surface area (Å²) in [5.41, 5.74) is 7.43. The third kappa shape index (κ3) is 2.92. The lowest BCUT2D eigenvalue weighted by Gasteiger charge is -2.27. The van der Waals surface area contributed by atoms with Crippen LogP contribution in [-0.4, -0.2) is 21.1 Å². The van der Waals surface area contributed by atoms with E-state index >= 15 is 0 Å². The Kier molecular flexibility index (Phi) is 3.98. The number of aryl methyl sites for hydroxylation is 1. The Morgan fingerprint density at radius 1 is 1.07 bits per heavy atom. The number of fused-ring (bicyclic) bond motifs is 2. The van der Waals surface area contributed by atoms with Crippen LogP contribution in [0.2, 0.25) is 0 Å². The van der Waals surface area contributed by atoms with E-state index < -0.39 is 0 Å². The summed E-state index contributed by atoms with van der Waals surface area (Å²) >= 11 is 0. The molecule has 1 aliphatic heterocycles. The van der Waals surface area contributed by atoms with E-state index in [1.165, 1.54) is 16.7 Å². The fourth-order valence-electron chi connectivity index (χ4n) is 4.17. The van der Waals surface area contributed by atoms with Crippen LogP contribution in [0.15, 0.2) is 67.0 Å². The quantitative estimate of drug-likeness (QED) is 0.601. The molecule has 3 heterocycles. The van der Waals surface area contributed by atoms with Crippen molar-refractivity contribution in [2.45, 2.75) is 25.8 Å². The molecule has 27 heavy (non-hydrogen) atoms. The second-order valence-corrected chi connectivity index (χ2v) is 7.18. The number of aromatic nitrogens is 3. The van der Waals surface area contributed by atoms with Gasteiger partial charge in [0, 0.05) is 17.9 Å². The van der Waals surface area contributed by atoms with Gasteiger partial charge in [0.05, 0.1) is 11.7 Å². The second-order valence-electron chi connectivity index (χ2n) is 7.18. The minimum atomic E-state index is 0.391. The predicted molar refractivity (Wildman–Crippen MR) is 108 cm³/mol. The average Bonchev–Trinajstić information content (AvgIpc) is 3.05. The van der Waals surface area contributed by atoms with Crippen molar-refractivity contribution in [2.75, 3.05) is 6.54 Å². The van der Waals surface area contributed by atoms with E-state index in [1.54, 1.807) is 0 Å². The molecule has 0 aliphatic carbocycles. The molecule has 1 aliphatic rings. The molecule has 1 N–H and O–H groups in total. The SMILES string of the molecule is Cc1nc2cnccc2n1-c1ccc(CC2NCCc3ccccc32)cc1. The van der Waals surface area contributed by atoms with Crippen molar-refractivity contribution in [3.8, 4) is 5.69 Å². The third-order valence-electron chi connectivity index (χ3n) is 5.47. The number of pyridine rings is 1. The molecule has 2 aromatic carbocycles. The first-order chi connectivity index (χ1) is 13.3. The fraction of sp³-hybridized carbons (Fsp3) is 0.217. The molecular formula is C23H22N4. The molecule has 4 aromatic rings. The molecule has 0 fully saturated rings. The van der Waals surface area contributed by atoms with Gasteiger partial charge in [-0.1, -0.05) is 36.4 Å². The number of imidazole rings is 1. The van der Waals surface area contributed by atoms with Gasteiger partial charge in [-0.25, -0.2) is 4.98 Å². The maximum Gasteiger partial charge on any atom is 0.111 e. The lowest BCUT2D eigenvalue weighted by Crippen LogP contribution is -2.31. The van der Waals surface area contributed by atoms with Crippen molar-refractivity contribution >= 4 is 11.0 Å². The molecule has 4 nitrogen and oxygen atoms in total. The normalized spacial score (nSPS) is 16.4. The highest BCUT2D eigenvalue weighted by molar-refractivity contribution is 5.77. The average molecular weight is 354 g/mol. The van der Waals surface area contributed by atoms with Gasteiger partial charge in [0.15, 0.2) is 0 Å². The van der Waals surface area contributed by atoms with Crippen molar-refractivity contribution in [2.24, 2.45) is 0 Å². The minimum Gasteiger partial charge on any atom is -0.309 e. The van der Waals surface area contributed by atoms with Gasteiger partial charge >= 0.3 is 0 Å². The molecule has 5 rings (SSSR count). The zero-order valence-corrected chi connectivity index (χ0v) is 15.4. The molecule has 4 heteroatoms. The van der Waals surface area contributed by atoms with Gasteiger partial charge in [-0.05, 0) is 61.2 Å². The molecule has 0 radical (unpaired) electrons. The highest BCUT2D eigenvalue weighted by atomic mass is 15.1. The summed E-state index contributed by atoms with van der Waals surface area (Å²) in [7, 11) is 0. The Morgan fingerprint density at radius 2 is 1.93 bits per heavy atom. The third-order valence-corrected chi connectivity index (χ3v) is 5.47. The Balaban J connectivity index is 1.44. The van der Waals surface area contributed by atoms with Crippen LogP contribution >= 0.6 is 0 Å². The van der Waals surface area contributed by atoms with E-state index in [9.17, 15) is 0 Å². The van der Waals surface area contributed by atoms with Crippen LogP contribution in [0.5, 0.6) is 0 Å². The standard InChI is InChI=1S/C23H22N4/c1-16-26-22-15-24-12-11-23(22)27(16)19-8-6-17(7-9-19)14-21-20-5-3-2-4-18(20)10-13-25-21/h2-9,11-12,15,21,25H,10,13-14H2,1H3. The molecule has 0 saturated heterocycles. The van der Waals surface area contributed by atoms with Gasteiger partial charge in [-0.15, -0.1) is 0 Å². The first kappa shape index (κ1) is 16.2. The van der Waals surface area contributed by atoms with Gasteiger partial charge < -0.3 is 5.32 Å². The lowest BCUT2D eigenvalue weighted by atomic mass is 9.90. The fourth-order valence-corrected chi connectivity index (χ4v) is 4.17. The minimum absolute atomic E-state index is 0.391. The summed E-state index contributed by atoms with van der Waals surface area (Å²) in [4.78, 5) is 8.80. The van der Waals surface area contributed by atoms with Crippen LogP contribution in [0, 0.1) is 6.92 Å². The summed E-state index contributed by atoms with van der Waals surface area (Å²) in [6, 6.07) is 20.1. The van der Waals surface area contributed by atoms with Gasteiger partial charge in [0.25, 0.3) is 0 Å². The number of hydrogen-bond donors (Lipinski definition) is 1. The van der Waals surface area contributed by atoms with Crippen LogP contribution < -0.4 is 5.32 Å². The van der Waals surface area contributed by atoms with Crippen molar-refractivity contribution in [3.05, 3.63) is 89.5 Å². The van der Waals surface area contributed by atoms with Gasteiger partial charge in [0.1, 0.15) is 11.3 Å². The summed E-state index contributed by atoms with van der Waals surface area (Å²) in [5.74, 6) is 0.980. The lowest BCUT2D eigenvalue weighted by molar-refractivity contribution is 0.502. The van der Waals surface area contributed by atoms with E-state index in [2.05, 4.69) is 68.4 Å². The number of hydrogen-bond acceptors (Lipinski definition) is 3. The number of nitrogens with zero attached hydrogens (tertiary/aromatic N) is 3. The maximum absolute atomic E-state index is 4.62. The number of nitrogens with one attached hydrogen (secondary N) is 1. The number of benzene rings is 2. The van der Waals surface area contributed by atoms with E-state index in [4.69, 9.17) is 0 Å². The summed E-state index contributed by atoms with van der Waals surface area (Å²) < 4.78 is 2.19. The molecule has 0 bridgehead atoms. The van der Waals surface area contributed by atoms with E-state index in [1.807, 2.05) is 25.4 Å². The summed E-state index contributed by atoms with van der Waals surface area (Å²) in [5, 5.41) is 3.68. The smallest absolute Gasteiger partial charge is 0.111 e. The van der Waals surface area contributed by atoms with E-state index in [0.717, 1.165) is 41.9 Å². The first-order valence-electron chi connectivity index (χ1n) is 9.49. The first-order valence-corrected chi connectivity index (χ1v) is 9.49. The highest BCUT2D eigenvalue weighted by Gasteiger charge is 2.19. The summed E-state index contributed by atoms with van der Waals surface area (Å²) in [6.45, 7) is 3.09. The summed E-state index contributed by atoms with van der Waals surface area (Å²) in [6.07, 6.45) is 5.76. The van der Waals surface area contributed by atoms with E-state index in [0.29, 0.717) is 6.04 Å². The van der Waals surface area contributed by atoms with Crippen LogP contribution in [0.4, 0.5) is 0 Å². The van der Waals surface area contributed by atoms with Gasteiger partial charge in [0.2, 0.25) is 0 Å². The van der Waals surface area contributed by atoms with Crippen molar-refractivity contribution < 1.29 is 0 Å². The van der Waals surface area contributed by atoms with Crippen molar-refractivity contribution in [1.82, 2.24) is 19.9 Å². The Morgan fingerprint density at radius 3 is 2.81 bits per heavy atom. The number of rotatable bonds is 3. The van der Waals surface area contributed by atoms with E-state index in [-0.39, 0.29) is 0 Å². The second kappa shape index (κ2) is 6.63. The zero-order chi connectivity index (χ0) is 18.2. The monoisotopic (exact) mass is 354 g/mol. The molecule has 134 valence electrons. The maximum atomic E-state index is 4.62. The van der Waals surface area contributed by atoms with Crippen LogP contribution in [0.3, 0.4) is 0 Å². The Labute approximate surface area is 158 Å². The van der Waals surface area contributed by atoms with Crippen LogP contribution in [0.25, 0.3) is 16.7 Å². The molecule has 0 amide bonds. The highest BCUT2D eigenvalue weighted by Crippen LogP contribution is 2.27. The van der Waals surface area contributed by atoms with Gasteiger partial charge in [-0.3, -0.25) is 9.55 Å². The Bertz CT molecular complexity index is 1100.